The first-order chi connectivity index (χ1) is 9.56. The van der Waals surface area contributed by atoms with Crippen LogP contribution in [-0.4, -0.2) is 33.6 Å². The Kier molecular flexibility index (Phi) is 3.06. The average molecular weight is 288 g/mol. The number of aromatic nitrogens is 4. The van der Waals surface area contributed by atoms with E-state index in [1.165, 1.54) is 0 Å². The molecule has 0 bridgehead atoms. The predicted octanol–water partition coefficient (Wildman–Crippen LogP) is 2.84. The highest BCUT2D eigenvalue weighted by molar-refractivity contribution is 6.33. The molecule has 2 heterocycles. The number of imidazole rings is 1. The molecular weight excluding hydrogens is 274 g/mol. The van der Waals surface area contributed by atoms with E-state index in [0.29, 0.717) is 16.5 Å². The van der Waals surface area contributed by atoms with Crippen molar-refractivity contribution in [3.63, 3.8) is 0 Å². The summed E-state index contributed by atoms with van der Waals surface area (Å²) >= 11 is 6.11. The number of halogens is 1. The van der Waals surface area contributed by atoms with E-state index in [0.717, 1.165) is 17.0 Å². The molecule has 0 saturated carbocycles. The van der Waals surface area contributed by atoms with Crippen LogP contribution in [0, 0.1) is 6.92 Å². The van der Waals surface area contributed by atoms with E-state index < -0.39 is 0 Å². The van der Waals surface area contributed by atoms with Crippen LogP contribution >= 0.6 is 11.6 Å². The first kappa shape index (κ1) is 12.9. The van der Waals surface area contributed by atoms with E-state index in [4.69, 9.17) is 11.6 Å². The Bertz CT molecular complexity index is 778. The molecule has 0 atom stereocenters. The largest absolute Gasteiger partial charge is 0.378 e. The number of nitrogens with zero attached hydrogens (tertiary/aromatic N) is 5. The minimum atomic E-state index is 0.384. The predicted molar refractivity (Wildman–Crippen MR) is 80.7 cm³/mol. The van der Waals surface area contributed by atoms with Gasteiger partial charge in [0, 0.05) is 19.8 Å². The van der Waals surface area contributed by atoms with Gasteiger partial charge in [0.25, 0.3) is 0 Å². The fourth-order valence-corrected chi connectivity index (χ4v) is 2.33. The molecule has 0 fully saturated rings. The van der Waals surface area contributed by atoms with Crippen molar-refractivity contribution in [1.29, 1.82) is 0 Å². The van der Waals surface area contributed by atoms with E-state index in [1.807, 2.05) is 37.7 Å². The third-order valence-corrected chi connectivity index (χ3v) is 3.35. The SMILES string of the molecule is Cc1nc(Cl)c2ncn(-c3cccc(N(C)C)c3)c2n1. The minimum Gasteiger partial charge on any atom is -0.378 e. The Hall–Kier alpha value is -2.14. The van der Waals surface area contributed by atoms with Crippen LogP contribution in [0.1, 0.15) is 5.82 Å². The first-order valence-corrected chi connectivity index (χ1v) is 6.59. The molecule has 1 aromatic carbocycles. The van der Waals surface area contributed by atoms with Crippen LogP contribution in [0.4, 0.5) is 5.69 Å². The first-order valence-electron chi connectivity index (χ1n) is 6.21. The van der Waals surface area contributed by atoms with Crippen LogP contribution in [0.15, 0.2) is 30.6 Å². The van der Waals surface area contributed by atoms with Gasteiger partial charge in [-0.1, -0.05) is 17.7 Å². The molecule has 0 saturated heterocycles. The van der Waals surface area contributed by atoms with E-state index in [-0.39, 0.29) is 0 Å². The van der Waals surface area contributed by atoms with Crippen LogP contribution in [0.2, 0.25) is 5.15 Å². The molecule has 0 aliphatic carbocycles. The Labute approximate surface area is 121 Å². The standard InChI is InChI=1S/C14H14ClN5/c1-9-17-13(15)12-14(18-9)20(8-16-12)11-6-4-5-10(7-11)19(2)3/h4-8H,1-3H3. The van der Waals surface area contributed by atoms with Gasteiger partial charge in [-0.2, -0.15) is 0 Å². The molecule has 0 radical (unpaired) electrons. The van der Waals surface area contributed by atoms with Crippen LogP contribution in [-0.2, 0) is 0 Å². The molecular formula is C14H14ClN5. The zero-order valence-corrected chi connectivity index (χ0v) is 12.3. The highest BCUT2D eigenvalue weighted by atomic mass is 35.5. The summed E-state index contributed by atoms with van der Waals surface area (Å²) in [5.41, 5.74) is 3.44. The van der Waals surface area contributed by atoms with Crippen molar-refractivity contribution in [3.05, 3.63) is 41.6 Å². The summed E-state index contributed by atoms with van der Waals surface area (Å²) in [6, 6.07) is 8.15. The molecule has 20 heavy (non-hydrogen) atoms. The van der Waals surface area contributed by atoms with E-state index in [9.17, 15) is 0 Å². The van der Waals surface area contributed by atoms with Gasteiger partial charge in [0.1, 0.15) is 17.7 Å². The second kappa shape index (κ2) is 4.76. The van der Waals surface area contributed by atoms with Crippen LogP contribution in [0.3, 0.4) is 0 Å². The van der Waals surface area contributed by atoms with Gasteiger partial charge in [-0.05, 0) is 25.1 Å². The highest BCUT2D eigenvalue weighted by Gasteiger charge is 2.11. The maximum absolute atomic E-state index is 6.11. The average Bonchev–Trinajstić information content (AvgIpc) is 2.82. The number of hydrogen-bond acceptors (Lipinski definition) is 4. The van der Waals surface area contributed by atoms with Gasteiger partial charge in [0.05, 0.1) is 5.69 Å². The second-order valence-electron chi connectivity index (χ2n) is 4.76. The minimum absolute atomic E-state index is 0.384. The Balaban J connectivity index is 2.22. The molecule has 0 N–H and O–H groups in total. The monoisotopic (exact) mass is 287 g/mol. The van der Waals surface area contributed by atoms with Gasteiger partial charge in [0.15, 0.2) is 10.8 Å². The summed E-state index contributed by atoms with van der Waals surface area (Å²) in [4.78, 5) is 14.9. The Morgan fingerprint density at radius 1 is 1.20 bits per heavy atom. The number of fused-ring (bicyclic) bond motifs is 1. The fourth-order valence-electron chi connectivity index (χ4n) is 2.08. The quantitative estimate of drug-likeness (QED) is 0.680. The lowest BCUT2D eigenvalue weighted by Crippen LogP contribution is -2.09. The summed E-state index contributed by atoms with van der Waals surface area (Å²) in [6.07, 6.45) is 1.72. The summed E-state index contributed by atoms with van der Waals surface area (Å²) in [7, 11) is 4.02. The second-order valence-corrected chi connectivity index (χ2v) is 5.12. The molecule has 0 aliphatic heterocycles. The lowest BCUT2D eigenvalue weighted by atomic mass is 10.2. The molecule has 2 aromatic heterocycles. The summed E-state index contributed by atoms with van der Waals surface area (Å²) in [5, 5.41) is 0.384. The third kappa shape index (κ3) is 2.10. The van der Waals surface area contributed by atoms with Gasteiger partial charge in [-0.3, -0.25) is 4.57 Å². The van der Waals surface area contributed by atoms with Crippen LogP contribution in [0.5, 0.6) is 0 Å². The van der Waals surface area contributed by atoms with Crippen LogP contribution < -0.4 is 4.90 Å². The summed E-state index contributed by atoms with van der Waals surface area (Å²) < 4.78 is 1.92. The van der Waals surface area contributed by atoms with Gasteiger partial charge in [-0.15, -0.1) is 0 Å². The van der Waals surface area contributed by atoms with Crippen molar-refractivity contribution in [3.8, 4) is 5.69 Å². The molecule has 0 spiro atoms. The number of anilines is 1. The van der Waals surface area contributed by atoms with E-state index in [1.54, 1.807) is 6.33 Å². The van der Waals surface area contributed by atoms with Gasteiger partial charge in [-0.25, -0.2) is 15.0 Å². The van der Waals surface area contributed by atoms with E-state index in [2.05, 4.69) is 32.0 Å². The molecule has 0 aliphatic rings. The normalized spacial score (nSPS) is 11.0. The maximum atomic E-state index is 6.11. The van der Waals surface area contributed by atoms with Crippen molar-refractivity contribution >= 4 is 28.5 Å². The lowest BCUT2D eigenvalue weighted by molar-refractivity contribution is 1.02. The van der Waals surface area contributed by atoms with Crippen LogP contribution in [0.25, 0.3) is 16.9 Å². The zero-order chi connectivity index (χ0) is 14.3. The number of hydrogen-bond donors (Lipinski definition) is 0. The molecule has 102 valence electrons. The lowest BCUT2D eigenvalue weighted by Gasteiger charge is -2.14. The molecule has 5 nitrogen and oxygen atoms in total. The smallest absolute Gasteiger partial charge is 0.169 e. The topological polar surface area (TPSA) is 46.8 Å². The van der Waals surface area contributed by atoms with Gasteiger partial charge in [0.2, 0.25) is 0 Å². The third-order valence-electron chi connectivity index (χ3n) is 3.09. The molecule has 6 heteroatoms. The number of aryl methyl sites for hydroxylation is 1. The number of benzene rings is 1. The maximum Gasteiger partial charge on any atom is 0.169 e. The molecule has 0 unspecified atom stereocenters. The van der Waals surface area contributed by atoms with Crippen molar-refractivity contribution in [2.45, 2.75) is 6.92 Å². The van der Waals surface area contributed by atoms with Crippen molar-refractivity contribution in [2.75, 3.05) is 19.0 Å². The molecule has 3 aromatic rings. The van der Waals surface area contributed by atoms with Crippen molar-refractivity contribution < 1.29 is 0 Å². The summed E-state index contributed by atoms with van der Waals surface area (Å²) in [5.74, 6) is 0.632. The Morgan fingerprint density at radius 3 is 2.75 bits per heavy atom. The number of rotatable bonds is 2. The molecule has 0 amide bonds. The van der Waals surface area contributed by atoms with E-state index >= 15 is 0 Å². The van der Waals surface area contributed by atoms with Gasteiger partial charge >= 0.3 is 0 Å². The van der Waals surface area contributed by atoms with Crippen molar-refractivity contribution in [2.24, 2.45) is 0 Å². The zero-order valence-electron chi connectivity index (χ0n) is 11.5. The summed E-state index contributed by atoms with van der Waals surface area (Å²) in [6.45, 7) is 1.82. The highest BCUT2D eigenvalue weighted by Crippen LogP contribution is 2.23. The Morgan fingerprint density at radius 2 is 2.00 bits per heavy atom. The van der Waals surface area contributed by atoms with Gasteiger partial charge < -0.3 is 4.90 Å². The molecule has 3 rings (SSSR count). The fraction of sp³-hybridized carbons (Fsp3) is 0.214. The van der Waals surface area contributed by atoms with Crippen molar-refractivity contribution in [1.82, 2.24) is 19.5 Å².